The van der Waals surface area contributed by atoms with Crippen molar-refractivity contribution >= 4 is 10.1 Å². The van der Waals surface area contributed by atoms with Crippen molar-refractivity contribution in [2.24, 2.45) is 0 Å². The highest BCUT2D eigenvalue weighted by molar-refractivity contribution is 7.85. The molecule has 10 heavy (non-hydrogen) atoms. The monoisotopic (exact) mass is 166 g/mol. The molecule has 0 aromatic carbocycles. The zero-order valence-corrected chi connectivity index (χ0v) is 6.30. The van der Waals surface area contributed by atoms with E-state index in [-0.39, 0.29) is 11.9 Å². The molecule has 0 spiro atoms. The van der Waals surface area contributed by atoms with Gasteiger partial charge in [-0.25, -0.2) is 0 Å². The Morgan fingerprint density at radius 1 is 1.60 bits per heavy atom. The van der Waals surface area contributed by atoms with Gasteiger partial charge in [0.15, 0.2) is 0 Å². The maximum Gasteiger partial charge on any atom is 0.267 e. The fourth-order valence-corrected chi connectivity index (χ4v) is 1.74. The van der Waals surface area contributed by atoms with Crippen LogP contribution in [0.2, 0.25) is 0 Å². The maximum atomic E-state index is 10.3. The summed E-state index contributed by atoms with van der Waals surface area (Å²) in [6.45, 7) is 0.611. The highest BCUT2D eigenvalue weighted by Gasteiger charge is 2.21. The van der Waals surface area contributed by atoms with Crippen molar-refractivity contribution in [1.29, 1.82) is 0 Å². The Hall–Kier alpha value is -0.130. The molecule has 0 bridgehead atoms. The van der Waals surface area contributed by atoms with Crippen molar-refractivity contribution in [3.63, 3.8) is 0 Å². The molecule has 1 atom stereocenters. The molecular formula is C5H10O4S. The highest BCUT2D eigenvalue weighted by atomic mass is 32.2. The molecule has 0 aliphatic carbocycles. The number of hydrogen-bond donors (Lipinski definition) is 1. The third-order valence-corrected chi connectivity index (χ3v) is 2.21. The van der Waals surface area contributed by atoms with Crippen LogP contribution in [0.5, 0.6) is 0 Å². The summed E-state index contributed by atoms with van der Waals surface area (Å²) in [6, 6.07) is 0. The number of hydrogen-bond acceptors (Lipinski definition) is 3. The van der Waals surface area contributed by atoms with Crippen LogP contribution in [-0.2, 0) is 14.9 Å². The maximum absolute atomic E-state index is 10.3. The first-order chi connectivity index (χ1) is 4.58. The lowest BCUT2D eigenvalue weighted by molar-refractivity contribution is 0.126. The second-order valence-corrected chi connectivity index (χ2v) is 3.88. The summed E-state index contributed by atoms with van der Waals surface area (Å²) in [4.78, 5) is 0. The molecule has 1 rings (SSSR count). The molecule has 0 amide bonds. The predicted molar refractivity (Wildman–Crippen MR) is 35.4 cm³/mol. The van der Waals surface area contributed by atoms with Crippen LogP contribution in [0.15, 0.2) is 0 Å². The van der Waals surface area contributed by atoms with Gasteiger partial charge in [-0.3, -0.25) is 4.55 Å². The molecule has 1 heterocycles. The molecule has 5 heteroatoms. The van der Waals surface area contributed by atoms with Crippen LogP contribution in [0, 0.1) is 0 Å². The summed E-state index contributed by atoms with van der Waals surface area (Å²) in [5.74, 6) is -0.257. The minimum absolute atomic E-state index is 0.257. The molecule has 60 valence electrons. The van der Waals surface area contributed by atoms with Gasteiger partial charge in [0.25, 0.3) is 10.1 Å². The van der Waals surface area contributed by atoms with Gasteiger partial charge in [0, 0.05) is 6.61 Å². The second-order valence-electron chi connectivity index (χ2n) is 2.38. The van der Waals surface area contributed by atoms with Gasteiger partial charge < -0.3 is 4.74 Å². The minimum atomic E-state index is -3.83. The Labute approximate surface area is 59.9 Å². The standard InChI is InChI=1S/C5H10O4S/c6-10(7,8)4-5-2-1-3-9-5/h5H,1-4H2,(H,6,7,8). The molecule has 0 aromatic heterocycles. The van der Waals surface area contributed by atoms with E-state index in [1.807, 2.05) is 0 Å². The van der Waals surface area contributed by atoms with Crippen molar-refractivity contribution in [3.05, 3.63) is 0 Å². The Morgan fingerprint density at radius 3 is 2.70 bits per heavy atom. The van der Waals surface area contributed by atoms with Gasteiger partial charge >= 0.3 is 0 Å². The van der Waals surface area contributed by atoms with Crippen LogP contribution >= 0.6 is 0 Å². The van der Waals surface area contributed by atoms with Crippen LogP contribution in [0.4, 0.5) is 0 Å². The molecule has 1 aliphatic rings. The normalized spacial score (nSPS) is 27.1. The molecule has 1 fully saturated rings. The first kappa shape index (κ1) is 7.97. The summed E-state index contributed by atoms with van der Waals surface area (Å²) in [7, 11) is -3.83. The molecule has 0 saturated carbocycles. The molecule has 1 aliphatic heterocycles. The summed E-state index contributed by atoms with van der Waals surface area (Å²) >= 11 is 0. The van der Waals surface area contributed by atoms with Crippen molar-refractivity contribution < 1.29 is 17.7 Å². The average molecular weight is 166 g/mol. The topological polar surface area (TPSA) is 63.6 Å². The fourth-order valence-electron chi connectivity index (χ4n) is 1.01. The highest BCUT2D eigenvalue weighted by Crippen LogP contribution is 2.12. The quantitative estimate of drug-likeness (QED) is 0.589. The van der Waals surface area contributed by atoms with Gasteiger partial charge in [0.1, 0.15) is 5.75 Å². The van der Waals surface area contributed by atoms with Gasteiger partial charge in [-0.2, -0.15) is 8.42 Å². The van der Waals surface area contributed by atoms with Crippen LogP contribution in [0.25, 0.3) is 0 Å². The average Bonchev–Trinajstić information content (AvgIpc) is 2.12. The first-order valence-corrected chi connectivity index (χ1v) is 4.75. The summed E-state index contributed by atoms with van der Waals surface area (Å²) in [5, 5.41) is 0. The zero-order valence-electron chi connectivity index (χ0n) is 5.49. The van der Waals surface area contributed by atoms with E-state index < -0.39 is 10.1 Å². The predicted octanol–water partition coefficient (Wildman–Crippen LogP) is 0.0532. The number of ether oxygens (including phenoxy) is 1. The van der Waals surface area contributed by atoms with E-state index in [9.17, 15) is 8.42 Å². The van der Waals surface area contributed by atoms with E-state index in [0.29, 0.717) is 6.61 Å². The lowest BCUT2D eigenvalue weighted by Gasteiger charge is -2.04. The minimum Gasteiger partial charge on any atom is -0.377 e. The van der Waals surface area contributed by atoms with E-state index in [4.69, 9.17) is 9.29 Å². The molecule has 0 radical (unpaired) electrons. The van der Waals surface area contributed by atoms with E-state index >= 15 is 0 Å². The van der Waals surface area contributed by atoms with E-state index in [1.54, 1.807) is 0 Å². The molecule has 1 N–H and O–H groups in total. The lowest BCUT2D eigenvalue weighted by Crippen LogP contribution is -2.18. The van der Waals surface area contributed by atoms with Gasteiger partial charge in [-0.15, -0.1) is 0 Å². The SMILES string of the molecule is O=S(=O)(O)CC1CCCO1. The van der Waals surface area contributed by atoms with Crippen LogP contribution in [0.3, 0.4) is 0 Å². The summed E-state index contributed by atoms with van der Waals surface area (Å²) in [5.41, 5.74) is 0. The molecule has 4 nitrogen and oxygen atoms in total. The third kappa shape index (κ3) is 2.64. The van der Waals surface area contributed by atoms with Crippen molar-refractivity contribution in [3.8, 4) is 0 Å². The van der Waals surface area contributed by atoms with Gasteiger partial charge in [0.2, 0.25) is 0 Å². The molecular weight excluding hydrogens is 156 g/mol. The number of rotatable bonds is 2. The van der Waals surface area contributed by atoms with Gasteiger partial charge in [0.05, 0.1) is 6.10 Å². The molecule has 1 unspecified atom stereocenters. The fraction of sp³-hybridized carbons (Fsp3) is 1.00. The lowest BCUT2D eigenvalue weighted by atomic mass is 10.3. The largest absolute Gasteiger partial charge is 0.377 e. The van der Waals surface area contributed by atoms with E-state index in [2.05, 4.69) is 0 Å². The van der Waals surface area contributed by atoms with Crippen LogP contribution < -0.4 is 0 Å². The summed E-state index contributed by atoms with van der Waals surface area (Å²) in [6.07, 6.45) is 1.34. The van der Waals surface area contributed by atoms with Gasteiger partial charge in [-0.05, 0) is 12.8 Å². The Morgan fingerprint density at radius 2 is 2.30 bits per heavy atom. The van der Waals surface area contributed by atoms with Crippen molar-refractivity contribution in [2.75, 3.05) is 12.4 Å². The Kier molecular flexibility index (Phi) is 2.28. The Bertz CT molecular complexity index is 190. The molecule has 1 saturated heterocycles. The second kappa shape index (κ2) is 2.86. The molecule has 0 aromatic rings. The van der Waals surface area contributed by atoms with Gasteiger partial charge in [-0.1, -0.05) is 0 Å². The summed E-state index contributed by atoms with van der Waals surface area (Å²) < 4.78 is 33.9. The van der Waals surface area contributed by atoms with E-state index in [1.165, 1.54) is 0 Å². The van der Waals surface area contributed by atoms with Crippen LogP contribution in [0.1, 0.15) is 12.8 Å². The smallest absolute Gasteiger partial charge is 0.267 e. The van der Waals surface area contributed by atoms with Crippen molar-refractivity contribution in [2.45, 2.75) is 18.9 Å². The van der Waals surface area contributed by atoms with Crippen LogP contribution in [-0.4, -0.2) is 31.4 Å². The first-order valence-electron chi connectivity index (χ1n) is 3.15. The van der Waals surface area contributed by atoms with Crippen molar-refractivity contribution in [1.82, 2.24) is 0 Å². The zero-order chi connectivity index (χ0) is 7.61. The third-order valence-electron chi connectivity index (χ3n) is 1.42. The Balaban J connectivity index is 2.38. The van der Waals surface area contributed by atoms with E-state index in [0.717, 1.165) is 12.8 Å².